The molecule has 2 rings (SSSR count). The molecule has 7 heteroatoms. The fraction of sp³-hybridized carbons (Fsp3) is 0.375. The SMILES string of the molecule is CC(NC(=O)[C@@H](N)C(C)C)c1nc(-c2ccc(Br)cc2)cs1.Cl. The van der Waals surface area contributed by atoms with Gasteiger partial charge in [-0.25, -0.2) is 4.98 Å². The normalized spacial score (nSPS) is 13.3. The summed E-state index contributed by atoms with van der Waals surface area (Å²) < 4.78 is 1.04. The van der Waals surface area contributed by atoms with Gasteiger partial charge in [-0.2, -0.15) is 0 Å². The number of rotatable bonds is 5. The third-order valence-corrected chi connectivity index (χ3v) is 4.97. The number of nitrogens with zero attached hydrogens (tertiary/aromatic N) is 1. The van der Waals surface area contributed by atoms with Gasteiger partial charge >= 0.3 is 0 Å². The number of nitrogens with two attached hydrogens (primary N) is 1. The molecule has 23 heavy (non-hydrogen) atoms. The van der Waals surface area contributed by atoms with Gasteiger partial charge in [0.25, 0.3) is 0 Å². The minimum absolute atomic E-state index is 0. The second kappa shape index (κ2) is 8.78. The number of carbonyl (C=O) groups excluding carboxylic acids is 1. The lowest BCUT2D eigenvalue weighted by molar-refractivity contribution is -0.123. The molecule has 3 N–H and O–H groups in total. The second-order valence-electron chi connectivity index (χ2n) is 5.58. The van der Waals surface area contributed by atoms with E-state index in [1.807, 2.05) is 50.4 Å². The number of hydrogen-bond acceptors (Lipinski definition) is 4. The fourth-order valence-electron chi connectivity index (χ4n) is 1.91. The van der Waals surface area contributed by atoms with Crippen molar-refractivity contribution in [3.8, 4) is 11.3 Å². The summed E-state index contributed by atoms with van der Waals surface area (Å²) in [6.45, 7) is 5.79. The van der Waals surface area contributed by atoms with Gasteiger partial charge < -0.3 is 11.1 Å². The van der Waals surface area contributed by atoms with Crippen molar-refractivity contribution in [3.63, 3.8) is 0 Å². The lowest BCUT2D eigenvalue weighted by atomic mass is 10.0. The van der Waals surface area contributed by atoms with E-state index in [9.17, 15) is 4.79 Å². The molecule has 0 saturated carbocycles. The molecule has 0 aliphatic heterocycles. The molecule has 1 heterocycles. The van der Waals surface area contributed by atoms with E-state index in [2.05, 4.69) is 26.2 Å². The van der Waals surface area contributed by atoms with E-state index in [1.54, 1.807) is 11.3 Å². The number of amides is 1. The topological polar surface area (TPSA) is 68.0 Å². The molecule has 0 radical (unpaired) electrons. The molecule has 1 unspecified atom stereocenters. The van der Waals surface area contributed by atoms with E-state index in [0.717, 1.165) is 20.7 Å². The lowest BCUT2D eigenvalue weighted by Gasteiger charge is -2.18. The zero-order chi connectivity index (χ0) is 16.3. The average molecular weight is 419 g/mol. The molecule has 126 valence electrons. The first-order chi connectivity index (χ1) is 10.4. The Kier molecular flexibility index (Phi) is 7.67. The van der Waals surface area contributed by atoms with Gasteiger partial charge in [-0.05, 0) is 25.0 Å². The van der Waals surface area contributed by atoms with Crippen molar-refractivity contribution in [2.45, 2.75) is 32.9 Å². The quantitative estimate of drug-likeness (QED) is 0.766. The van der Waals surface area contributed by atoms with E-state index in [4.69, 9.17) is 5.73 Å². The highest BCUT2D eigenvalue weighted by atomic mass is 79.9. The summed E-state index contributed by atoms with van der Waals surface area (Å²) in [7, 11) is 0. The monoisotopic (exact) mass is 417 g/mol. The van der Waals surface area contributed by atoms with Crippen LogP contribution < -0.4 is 11.1 Å². The Morgan fingerprint density at radius 1 is 1.26 bits per heavy atom. The van der Waals surface area contributed by atoms with Crippen LogP contribution in [0.5, 0.6) is 0 Å². The molecule has 0 fully saturated rings. The Morgan fingerprint density at radius 2 is 1.87 bits per heavy atom. The summed E-state index contributed by atoms with van der Waals surface area (Å²) in [4.78, 5) is 16.6. The molecule has 2 aromatic rings. The van der Waals surface area contributed by atoms with Crippen LogP contribution in [0.4, 0.5) is 0 Å². The Hall–Kier alpha value is -0.950. The van der Waals surface area contributed by atoms with Crippen molar-refractivity contribution >= 4 is 45.6 Å². The number of nitrogens with one attached hydrogen (secondary N) is 1. The molecular weight excluding hydrogens is 398 g/mol. The minimum atomic E-state index is -0.492. The second-order valence-corrected chi connectivity index (χ2v) is 7.38. The van der Waals surface area contributed by atoms with Crippen LogP contribution in [0.2, 0.25) is 0 Å². The molecule has 0 spiro atoms. The van der Waals surface area contributed by atoms with Crippen LogP contribution in [0.1, 0.15) is 31.8 Å². The van der Waals surface area contributed by atoms with Crippen molar-refractivity contribution in [3.05, 3.63) is 39.1 Å². The number of benzene rings is 1. The summed E-state index contributed by atoms with van der Waals surface area (Å²) in [5, 5.41) is 5.81. The first kappa shape index (κ1) is 20.1. The van der Waals surface area contributed by atoms with Crippen molar-refractivity contribution in [1.29, 1.82) is 0 Å². The van der Waals surface area contributed by atoms with Crippen LogP contribution in [0.3, 0.4) is 0 Å². The number of halogens is 2. The van der Waals surface area contributed by atoms with E-state index in [0.29, 0.717) is 0 Å². The van der Waals surface area contributed by atoms with Gasteiger partial charge in [0.15, 0.2) is 0 Å². The third kappa shape index (κ3) is 5.28. The molecule has 0 aliphatic carbocycles. The van der Waals surface area contributed by atoms with Crippen LogP contribution in [-0.4, -0.2) is 16.9 Å². The van der Waals surface area contributed by atoms with Gasteiger partial charge in [-0.3, -0.25) is 4.79 Å². The molecule has 0 saturated heterocycles. The summed E-state index contributed by atoms with van der Waals surface area (Å²) in [6, 6.07) is 7.37. The van der Waals surface area contributed by atoms with Gasteiger partial charge in [0.1, 0.15) is 5.01 Å². The van der Waals surface area contributed by atoms with Crippen molar-refractivity contribution in [1.82, 2.24) is 10.3 Å². The molecule has 1 amide bonds. The van der Waals surface area contributed by atoms with Crippen LogP contribution in [0.25, 0.3) is 11.3 Å². The first-order valence-electron chi connectivity index (χ1n) is 7.15. The molecule has 2 atom stereocenters. The van der Waals surface area contributed by atoms with Gasteiger partial charge in [0.05, 0.1) is 17.8 Å². The van der Waals surface area contributed by atoms with Crippen LogP contribution >= 0.6 is 39.7 Å². The molecule has 0 bridgehead atoms. The molecule has 1 aromatic heterocycles. The summed E-state index contributed by atoms with van der Waals surface area (Å²) >= 11 is 4.96. The van der Waals surface area contributed by atoms with Gasteiger partial charge in [0, 0.05) is 15.4 Å². The summed E-state index contributed by atoms with van der Waals surface area (Å²) in [5.74, 6) is -0.0234. The zero-order valence-electron chi connectivity index (χ0n) is 13.2. The standard InChI is InChI=1S/C16H20BrN3OS.ClH/c1-9(2)14(18)15(21)19-10(3)16-20-13(8-22-16)11-4-6-12(17)7-5-11;/h4-10,14H,18H2,1-3H3,(H,19,21);1H/t10?,14-;/m0./s1. The largest absolute Gasteiger partial charge is 0.346 e. The Labute approximate surface area is 155 Å². The highest BCUT2D eigenvalue weighted by molar-refractivity contribution is 9.10. The molecule has 0 aliphatic rings. The number of hydrogen-bond donors (Lipinski definition) is 2. The summed E-state index contributed by atoms with van der Waals surface area (Å²) in [6.07, 6.45) is 0. The fourth-order valence-corrected chi connectivity index (χ4v) is 3.01. The Bertz CT molecular complexity index is 645. The number of carbonyl (C=O) groups is 1. The smallest absolute Gasteiger partial charge is 0.237 e. The van der Waals surface area contributed by atoms with Crippen LogP contribution in [0, 0.1) is 5.92 Å². The van der Waals surface area contributed by atoms with E-state index in [-0.39, 0.29) is 30.3 Å². The Morgan fingerprint density at radius 3 is 2.43 bits per heavy atom. The predicted octanol–water partition coefficient (Wildman–Crippen LogP) is 4.15. The van der Waals surface area contributed by atoms with E-state index >= 15 is 0 Å². The lowest BCUT2D eigenvalue weighted by Crippen LogP contribution is -2.44. The Balaban J connectivity index is 0.00000264. The van der Waals surface area contributed by atoms with E-state index in [1.165, 1.54) is 0 Å². The van der Waals surface area contributed by atoms with E-state index < -0.39 is 6.04 Å². The minimum Gasteiger partial charge on any atom is -0.346 e. The maximum absolute atomic E-state index is 12.0. The molecule has 1 aromatic carbocycles. The van der Waals surface area contributed by atoms with Crippen molar-refractivity contribution in [2.75, 3.05) is 0 Å². The number of aromatic nitrogens is 1. The van der Waals surface area contributed by atoms with Crippen LogP contribution in [0.15, 0.2) is 34.1 Å². The van der Waals surface area contributed by atoms with Gasteiger partial charge in [0.2, 0.25) is 5.91 Å². The van der Waals surface area contributed by atoms with Gasteiger partial charge in [-0.15, -0.1) is 23.7 Å². The molecule has 4 nitrogen and oxygen atoms in total. The third-order valence-electron chi connectivity index (χ3n) is 3.41. The van der Waals surface area contributed by atoms with Gasteiger partial charge in [-0.1, -0.05) is 41.9 Å². The summed E-state index contributed by atoms with van der Waals surface area (Å²) in [5.41, 5.74) is 7.84. The molecular formula is C16H21BrClN3OS. The van der Waals surface area contributed by atoms with Crippen LogP contribution in [-0.2, 0) is 4.79 Å². The average Bonchev–Trinajstić information content (AvgIpc) is 2.96. The maximum Gasteiger partial charge on any atom is 0.237 e. The van der Waals surface area contributed by atoms with Crippen molar-refractivity contribution < 1.29 is 4.79 Å². The zero-order valence-corrected chi connectivity index (χ0v) is 16.5. The van der Waals surface area contributed by atoms with Crippen molar-refractivity contribution in [2.24, 2.45) is 11.7 Å². The predicted molar refractivity (Wildman–Crippen MR) is 102 cm³/mol. The number of thiazole rings is 1. The first-order valence-corrected chi connectivity index (χ1v) is 8.83. The maximum atomic E-state index is 12.0. The highest BCUT2D eigenvalue weighted by Crippen LogP contribution is 2.26. The highest BCUT2D eigenvalue weighted by Gasteiger charge is 2.20.